The van der Waals surface area contributed by atoms with Gasteiger partial charge in [0.25, 0.3) is 0 Å². The molecule has 0 aliphatic carbocycles. The van der Waals surface area contributed by atoms with Crippen LogP contribution in [-0.2, 0) is 12.0 Å². The van der Waals surface area contributed by atoms with E-state index in [2.05, 4.69) is 40.4 Å². The van der Waals surface area contributed by atoms with Crippen molar-refractivity contribution in [2.24, 2.45) is 5.41 Å². The van der Waals surface area contributed by atoms with E-state index in [1.807, 2.05) is 25.3 Å². The largest absolute Gasteiger partial charge is 0.337 e. The number of carbonyl (C=O) groups excluding carboxylic acids is 1. The number of pyridine rings is 1. The van der Waals surface area contributed by atoms with Gasteiger partial charge in [-0.2, -0.15) is 4.39 Å². The molecule has 192 valence electrons. The van der Waals surface area contributed by atoms with Crippen LogP contribution in [0.4, 0.5) is 23.7 Å². The summed E-state index contributed by atoms with van der Waals surface area (Å²) >= 11 is 1.15. The lowest BCUT2D eigenvalue weighted by atomic mass is 9.81. The Morgan fingerprint density at radius 3 is 2.61 bits per heavy atom. The number of hydrogen-bond acceptors (Lipinski definition) is 4. The fraction of sp³-hybridized carbons (Fsp3) is 0.407. The van der Waals surface area contributed by atoms with Crippen LogP contribution in [0.1, 0.15) is 42.8 Å². The number of hydrogen-bond donors (Lipinski definition) is 2. The first-order chi connectivity index (χ1) is 17.1. The normalized spacial score (nSPS) is 18.4. The number of carbonyl (C=O) groups is 1. The molecule has 2 amide bonds. The molecule has 36 heavy (non-hydrogen) atoms. The number of nitrogens with one attached hydrogen (secondary N) is 2. The van der Waals surface area contributed by atoms with Crippen LogP contribution in [0.5, 0.6) is 0 Å². The second-order valence-corrected chi connectivity index (χ2v) is 11.2. The van der Waals surface area contributed by atoms with Gasteiger partial charge in [0.15, 0.2) is 16.8 Å². The maximum Gasteiger partial charge on any atom is 0.319 e. The predicted octanol–water partition coefficient (Wildman–Crippen LogP) is 6.25. The molecule has 0 unspecified atom stereocenters. The molecule has 1 aliphatic rings. The van der Waals surface area contributed by atoms with Gasteiger partial charge in [-0.3, -0.25) is 9.88 Å². The van der Waals surface area contributed by atoms with Crippen molar-refractivity contribution >= 4 is 23.1 Å². The molecule has 0 bridgehead atoms. The maximum absolute atomic E-state index is 13.6. The standard InChI is InChI=1S/C27H31F3N4OS/c1-18-4-5-19(15-31-18)26(2,3)34-13-12-27(17-34,11-10-21-7-9-24(30)36-21)16-32-25(35)33-20-6-8-22(28)23(29)14-20/h4-9,14-15H,10-13,16-17H2,1-3H3,(H2,32,33,35)/t27-/m0/s1. The molecule has 0 saturated carbocycles. The van der Waals surface area contributed by atoms with Crippen molar-refractivity contribution < 1.29 is 18.0 Å². The van der Waals surface area contributed by atoms with Crippen LogP contribution in [0.25, 0.3) is 0 Å². The smallest absolute Gasteiger partial charge is 0.319 e. The molecule has 1 fully saturated rings. The number of rotatable bonds is 8. The van der Waals surface area contributed by atoms with E-state index in [0.29, 0.717) is 13.0 Å². The van der Waals surface area contributed by atoms with Gasteiger partial charge in [0.2, 0.25) is 0 Å². The average molecular weight is 517 g/mol. The van der Waals surface area contributed by atoms with Crippen molar-refractivity contribution in [2.45, 2.75) is 45.6 Å². The summed E-state index contributed by atoms with van der Waals surface area (Å²) in [7, 11) is 0. The third-order valence-corrected chi connectivity index (χ3v) is 8.11. The zero-order valence-electron chi connectivity index (χ0n) is 20.7. The number of benzene rings is 1. The number of aryl methyl sites for hydroxylation is 2. The zero-order chi connectivity index (χ0) is 25.9. The number of thiophene rings is 1. The SMILES string of the molecule is Cc1ccc(C(C)(C)N2CC[C@@](CCc3ccc(F)s3)(CNC(=O)Nc3ccc(F)c(F)c3)C2)cn1. The number of anilines is 1. The van der Waals surface area contributed by atoms with E-state index in [1.54, 1.807) is 0 Å². The van der Waals surface area contributed by atoms with Crippen LogP contribution >= 0.6 is 11.3 Å². The molecule has 3 heterocycles. The summed E-state index contributed by atoms with van der Waals surface area (Å²) in [5.41, 5.74) is 1.76. The minimum absolute atomic E-state index is 0.176. The highest BCUT2D eigenvalue weighted by atomic mass is 32.1. The van der Waals surface area contributed by atoms with E-state index in [0.717, 1.165) is 65.5 Å². The first-order valence-electron chi connectivity index (χ1n) is 12.0. The Balaban J connectivity index is 1.47. The van der Waals surface area contributed by atoms with Crippen molar-refractivity contribution in [1.82, 2.24) is 15.2 Å². The Kier molecular flexibility index (Phi) is 7.70. The van der Waals surface area contributed by atoms with E-state index in [9.17, 15) is 18.0 Å². The first-order valence-corrected chi connectivity index (χ1v) is 12.8. The minimum Gasteiger partial charge on any atom is -0.337 e. The van der Waals surface area contributed by atoms with Crippen molar-refractivity contribution in [3.63, 3.8) is 0 Å². The Morgan fingerprint density at radius 1 is 1.14 bits per heavy atom. The molecular weight excluding hydrogens is 485 g/mol. The molecule has 0 spiro atoms. The molecule has 0 radical (unpaired) electrons. The molecular formula is C27H31F3N4OS. The minimum atomic E-state index is -1.02. The van der Waals surface area contributed by atoms with E-state index in [1.165, 1.54) is 12.1 Å². The van der Waals surface area contributed by atoms with Gasteiger partial charge >= 0.3 is 6.03 Å². The average Bonchev–Trinajstić information content (AvgIpc) is 3.46. The lowest BCUT2D eigenvalue weighted by molar-refractivity contribution is 0.127. The summed E-state index contributed by atoms with van der Waals surface area (Å²) < 4.78 is 40.3. The molecule has 1 aliphatic heterocycles. The van der Waals surface area contributed by atoms with Crippen LogP contribution in [0.15, 0.2) is 48.7 Å². The van der Waals surface area contributed by atoms with Gasteiger partial charge in [-0.25, -0.2) is 13.6 Å². The molecule has 9 heteroatoms. The van der Waals surface area contributed by atoms with Crippen molar-refractivity contribution in [1.29, 1.82) is 0 Å². The Labute approximate surface area is 213 Å². The zero-order valence-corrected chi connectivity index (χ0v) is 21.5. The molecule has 3 aromatic rings. The lowest BCUT2D eigenvalue weighted by Gasteiger charge is -2.38. The second-order valence-electron chi connectivity index (χ2n) is 10.1. The van der Waals surface area contributed by atoms with Gasteiger partial charge in [-0.05, 0) is 82.5 Å². The summed E-state index contributed by atoms with van der Waals surface area (Å²) in [5, 5.41) is 5.30. The summed E-state index contributed by atoms with van der Waals surface area (Å²) in [6.45, 7) is 8.29. The van der Waals surface area contributed by atoms with E-state index in [4.69, 9.17) is 0 Å². The maximum atomic E-state index is 13.6. The molecule has 1 aromatic carbocycles. The van der Waals surface area contributed by atoms with Crippen molar-refractivity contribution in [3.8, 4) is 0 Å². The summed E-state index contributed by atoms with van der Waals surface area (Å²) in [6, 6.07) is 10.2. The van der Waals surface area contributed by atoms with Gasteiger partial charge < -0.3 is 10.6 Å². The highest BCUT2D eigenvalue weighted by Crippen LogP contribution is 2.41. The van der Waals surface area contributed by atoms with Gasteiger partial charge in [0.1, 0.15) is 0 Å². The van der Waals surface area contributed by atoms with E-state index in [-0.39, 0.29) is 21.8 Å². The summed E-state index contributed by atoms with van der Waals surface area (Å²) in [5.74, 6) is -1.99. The fourth-order valence-electron chi connectivity index (χ4n) is 4.75. The summed E-state index contributed by atoms with van der Waals surface area (Å²) in [4.78, 5) is 20.5. The van der Waals surface area contributed by atoms with E-state index < -0.39 is 17.7 Å². The Hall–Kier alpha value is -2.91. The van der Waals surface area contributed by atoms with Crippen LogP contribution in [0, 0.1) is 29.1 Å². The number of amides is 2. The molecule has 2 aromatic heterocycles. The third-order valence-electron chi connectivity index (χ3n) is 7.18. The quantitative estimate of drug-likeness (QED) is 0.372. The topological polar surface area (TPSA) is 57.3 Å². The Morgan fingerprint density at radius 2 is 1.94 bits per heavy atom. The summed E-state index contributed by atoms with van der Waals surface area (Å²) in [6.07, 6.45) is 4.25. The number of nitrogens with zero attached hydrogens (tertiary/aromatic N) is 2. The van der Waals surface area contributed by atoms with E-state index >= 15 is 0 Å². The third kappa shape index (κ3) is 6.07. The Bertz CT molecular complexity index is 1210. The number of likely N-dealkylation sites (tertiary alicyclic amines) is 1. The predicted molar refractivity (Wildman–Crippen MR) is 137 cm³/mol. The van der Waals surface area contributed by atoms with Gasteiger partial charge in [-0.1, -0.05) is 6.07 Å². The number of aromatic nitrogens is 1. The molecule has 1 saturated heterocycles. The van der Waals surface area contributed by atoms with Crippen LogP contribution in [0.3, 0.4) is 0 Å². The number of halogens is 3. The van der Waals surface area contributed by atoms with Crippen LogP contribution < -0.4 is 10.6 Å². The van der Waals surface area contributed by atoms with Crippen LogP contribution in [-0.4, -0.2) is 35.5 Å². The highest BCUT2D eigenvalue weighted by molar-refractivity contribution is 7.10. The van der Waals surface area contributed by atoms with Crippen LogP contribution in [0.2, 0.25) is 0 Å². The van der Waals surface area contributed by atoms with Gasteiger partial charge in [0, 0.05) is 52.6 Å². The molecule has 4 rings (SSSR count). The van der Waals surface area contributed by atoms with Gasteiger partial charge in [-0.15, -0.1) is 11.3 Å². The highest BCUT2D eigenvalue weighted by Gasteiger charge is 2.43. The fourth-order valence-corrected chi connectivity index (χ4v) is 5.48. The lowest BCUT2D eigenvalue weighted by Crippen LogP contribution is -2.45. The molecule has 2 N–H and O–H groups in total. The number of urea groups is 1. The van der Waals surface area contributed by atoms with Crippen molar-refractivity contribution in [3.05, 3.63) is 81.6 Å². The monoisotopic (exact) mass is 516 g/mol. The van der Waals surface area contributed by atoms with Crippen molar-refractivity contribution in [2.75, 3.05) is 25.0 Å². The molecule has 1 atom stereocenters. The van der Waals surface area contributed by atoms with Gasteiger partial charge in [0.05, 0.1) is 0 Å². The first kappa shape index (κ1) is 26.2. The second kappa shape index (κ2) is 10.6. The molecule has 5 nitrogen and oxygen atoms in total.